The molecule has 1 saturated heterocycles. The third-order valence-electron chi connectivity index (χ3n) is 2.49. The lowest BCUT2D eigenvalue weighted by molar-refractivity contribution is -0.174. The maximum absolute atomic E-state index is 11.8. The van der Waals surface area contributed by atoms with Gasteiger partial charge in [0.1, 0.15) is 6.61 Å². The molecule has 1 aliphatic rings. The van der Waals surface area contributed by atoms with Crippen molar-refractivity contribution in [3.8, 4) is 0 Å². The molecule has 0 spiro atoms. The topological polar surface area (TPSA) is 24.5 Å². The van der Waals surface area contributed by atoms with Crippen LogP contribution in [0, 0.1) is 5.92 Å². The zero-order valence-corrected chi connectivity index (χ0v) is 9.52. The number of nitrogens with zero attached hydrogens (tertiary/aromatic N) is 1. The van der Waals surface area contributed by atoms with Crippen molar-refractivity contribution >= 4 is 0 Å². The molecule has 1 fully saturated rings. The van der Waals surface area contributed by atoms with Gasteiger partial charge in [0, 0.05) is 26.2 Å². The van der Waals surface area contributed by atoms with E-state index in [0.29, 0.717) is 12.5 Å². The smallest absolute Gasteiger partial charge is 0.371 e. The van der Waals surface area contributed by atoms with Gasteiger partial charge in [-0.25, -0.2) is 0 Å². The van der Waals surface area contributed by atoms with Crippen LogP contribution in [0.5, 0.6) is 0 Å². The van der Waals surface area contributed by atoms with Crippen molar-refractivity contribution in [2.75, 3.05) is 45.9 Å². The van der Waals surface area contributed by atoms with Crippen LogP contribution in [0.25, 0.3) is 0 Å². The van der Waals surface area contributed by atoms with Gasteiger partial charge in [0.2, 0.25) is 0 Å². The van der Waals surface area contributed by atoms with E-state index in [4.69, 9.17) is 0 Å². The third kappa shape index (κ3) is 6.30. The van der Waals surface area contributed by atoms with E-state index >= 15 is 0 Å². The Labute approximate surface area is 93.9 Å². The maximum atomic E-state index is 11.8. The summed E-state index contributed by atoms with van der Waals surface area (Å²) in [5.41, 5.74) is 0. The number of halogens is 3. The Kier molecular flexibility index (Phi) is 5.51. The second kappa shape index (κ2) is 6.42. The van der Waals surface area contributed by atoms with E-state index in [-0.39, 0.29) is 6.61 Å². The summed E-state index contributed by atoms with van der Waals surface area (Å²) < 4.78 is 40.0. The fraction of sp³-hybridized carbons (Fsp3) is 1.00. The first kappa shape index (κ1) is 13.7. The van der Waals surface area contributed by atoms with Gasteiger partial charge in [-0.2, -0.15) is 13.2 Å². The Bertz CT molecular complexity index is 199. The van der Waals surface area contributed by atoms with E-state index in [1.165, 1.54) is 0 Å². The molecule has 0 amide bonds. The minimum Gasteiger partial charge on any atom is -0.371 e. The molecule has 16 heavy (non-hydrogen) atoms. The van der Waals surface area contributed by atoms with E-state index in [1.807, 2.05) is 0 Å². The van der Waals surface area contributed by atoms with Crippen molar-refractivity contribution in [3.05, 3.63) is 0 Å². The van der Waals surface area contributed by atoms with Gasteiger partial charge in [0.15, 0.2) is 0 Å². The normalized spacial score (nSPS) is 24.4. The highest BCUT2D eigenvalue weighted by molar-refractivity contribution is 4.70. The lowest BCUT2D eigenvalue weighted by Crippen LogP contribution is -2.33. The van der Waals surface area contributed by atoms with Crippen LogP contribution in [0.4, 0.5) is 13.2 Å². The maximum Gasteiger partial charge on any atom is 0.411 e. The minimum atomic E-state index is -4.21. The highest BCUT2D eigenvalue weighted by atomic mass is 19.4. The molecule has 0 bridgehead atoms. The Morgan fingerprint density at radius 2 is 2.19 bits per heavy atom. The number of hydrogen-bond acceptors (Lipinski definition) is 3. The second-order valence-electron chi connectivity index (χ2n) is 4.28. The van der Waals surface area contributed by atoms with E-state index < -0.39 is 12.8 Å². The van der Waals surface area contributed by atoms with Gasteiger partial charge >= 0.3 is 6.18 Å². The number of hydrogen-bond donors (Lipinski definition) is 1. The standard InChI is InChI=1S/C10H19F3N2O/c1-9-6-14-2-3-15(7-9)4-5-16-8-10(11,12)13/h9,14H,2-8H2,1H3. The summed E-state index contributed by atoms with van der Waals surface area (Å²) in [6.07, 6.45) is -4.21. The molecule has 1 heterocycles. The summed E-state index contributed by atoms with van der Waals surface area (Å²) in [6.45, 7) is 5.36. The van der Waals surface area contributed by atoms with Crippen LogP contribution < -0.4 is 5.32 Å². The molecule has 96 valence electrons. The predicted octanol–water partition coefficient (Wildman–Crippen LogP) is 1.11. The number of rotatable bonds is 4. The Morgan fingerprint density at radius 1 is 1.44 bits per heavy atom. The van der Waals surface area contributed by atoms with Gasteiger partial charge < -0.3 is 10.1 Å². The number of ether oxygens (including phenoxy) is 1. The van der Waals surface area contributed by atoms with Gasteiger partial charge in [-0.05, 0) is 12.5 Å². The molecule has 1 unspecified atom stereocenters. The van der Waals surface area contributed by atoms with Crippen molar-refractivity contribution in [2.45, 2.75) is 13.1 Å². The molecular weight excluding hydrogens is 221 g/mol. The number of nitrogens with one attached hydrogen (secondary N) is 1. The Hall–Kier alpha value is -0.330. The molecule has 0 aromatic rings. The van der Waals surface area contributed by atoms with Gasteiger partial charge in [-0.15, -0.1) is 0 Å². The van der Waals surface area contributed by atoms with Crippen molar-refractivity contribution in [1.29, 1.82) is 0 Å². The summed E-state index contributed by atoms with van der Waals surface area (Å²) in [6, 6.07) is 0. The first-order valence-electron chi connectivity index (χ1n) is 5.55. The average Bonchev–Trinajstić information content (AvgIpc) is 2.36. The third-order valence-corrected chi connectivity index (χ3v) is 2.49. The van der Waals surface area contributed by atoms with Crippen LogP contribution in [-0.2, 0) is 4.74 Å². The summed E-state index contributed by atoms with van der Waals surface area (Å²) in [5, 5.41) is 3.28. The van der Waals surface area contributed by atoms with Crippen molar-refractivity contribution in [2.24, 2.45) is 5.92 Å². The van der Waals surface area contributed by atoms with Crippen LogP contribution in [0.15, 0.2) is 0 Å². The number of alkyl halides is 3. The molecule has 1 rings (SSSR count). The molecule has 0 aromatic carbocycles. The summed E-state index contributed by atoms with van der Waals surface area (Å²) in [7, 11) is 0. The SMILES string of the molecule is CC1CNCCN(CCOCC(F)(F)F)C1. The monoisotopic (exact) mass is 240 g/mol. The summed E-state index contributed by atoms with van der Waals surface area (Å²) in [4.78, 5) is 2.14. The molecule has 6 heteroatoms. The highest BCUT2D eigenvalue weighted by Crippen LogP contribution is 2.14. The first-order valence-corrected chi connectivity index (χ1v) is 5.55. The van der Waals surface area contributed by atoms with Crippen LogP contribution in [0.2, 0.25) is 0 Å². The lowest BCUT2D eigenvalue weighted by atomic mass is 10.2. The highest BCUT2D eigenvalue weighted by Gasteiger charge is 2.27. The average molecular weight is 240 g/mol. The molecular formula is C10H19F3N2O. The van der Waals surface area contributed by atoms with Gasteiger partial charge in [0.25, 0.3) is 0 Å². The fourth-order valence-electron chi connectivity index (χ4n) is 1.77. The summed E-state index contributed by atoms with van der Waals surface area (Å²) in [5.74, 6) is 0.533. The molecule has 3 nitrogen and oxygen atoms in total. The van der Waals surface area contributed by atoms with E-state index in [1.54, 1.807) is 0 Å². The van der Waals surface area contributed by atoms with Crippen molar-refractivity contribution < 1.29 is 17.9 Å². The van der Waals surface area contributed by atoms with E-state index in [0.717, 1.165) is 26.2 Å². The first-order chi connectivity index (χ1) is 7.47. The Balaban J connectivity index is 2.11. The Morgan fingerprint density at radius 3 is 2.88 bits per heavy atom. The fourth-order valence-corrected chi connectivity index (χ4v) is 1.77. The van der Waals surface area contributed by atoms with Crippen LogP contribution in [0.1, 0.15) is 6.92 Å². The quantitative estimate of drug-likeness (QED) is 0.745. The van der Waals surface area contributed by atoms with Crippen molar-refractivity contribution in [1.82, 2.24) is 10.2 Å². The van der Waals surface area contributed by atoms with Gasteiger partial charge in [-0.1, -0.05) is 6.92 Å². The molecule has 0 aliphatic carbocycles. The van der Waals surface area contributed by atoms with Crippen molar-refractivity contribution in [3.63, 3.8) is 0 Å². The predicted molar refractivity (Wildman–Crippen MR) is 55.3 cm³/mol. The molecule has 0 radical (unpaired) electrons. The van der Waals surface area contributed by atoms with Gasteiger partial charge in [-0.3, -0.25) is 4.90 Å². The largest absolute Gasteiger partial charge is 0.411 e. The minimum absolute atomic E-state index is 0.145. The molecule has 1 atom stereocenters. The van der Waals surface area contributed by atoms with Crippen LogP contribution >= 0.6 is 0 Å². The van der Waals surface area contributed by atoms with Crippen LogP contribution in [0.3, 0.4) is 0 Å². The molecule has 1 aliphatic heterocycles. The van der Waals surface area contributed by atoms with E-state index in [9.17, 15) is 13.2 Å². The zero-order valence-electron chi connectivity index (χ0n) is 9.52. The summed E-state index contributed by atoms with van der Waals surface area (Å²) >= 11 is 0. The van der Waals surface area contributed by atoms with Crippen LogP contribution in [-0.4, -0.2) is 57.0 Å². The molecule has 1 N–H and O–H groups in total. The van der Waals surface area contributed by atoms with E-state index in [2.05, 4.69) is 21.9 Å². The zero-order chi connectivity index (χ0) is 12.0. The second-order valence-corrected chi connectivity index (χ2v) is 4.28. The van der Waals surface area contributed by atoms with Gasteiger partial charge in [0.05, 0.1) is 6.61 Å². The molecule has 0 aromatic heterocycles. The molecule has 0 saturated carbocycles. The lowest BCUT2D eigenvalue weighted by Gasteiger charge is -2.21.